The van der Waals surface area contributed by atoms with Gasteiger partial charge in [0.15, 0.2) is 0 Å². The van der Waals surface area contributed by atoms with Gasteiger partial charge >= 0.3 is 5.97 Å². The maximum absolute atomic E-state index is 11.7. The summed E-state index contributed by atoms with van der Waals surface area (Å²) >= 11 is 0. The highest BCUT2D eigenvalue weighted by atomic mass is 16.5. The van der Waals surface area contributed by atoms with E-state index in [9.17, 15) is 9.59 Å². The Morgan fingerprint density at radius 2 is 1.76 bits per heavy atom. The first kappa shape index (κ1) is 17.0. The molecular formula is C16H23NO4. The van der Waals surface area contributed by atoms with Crippen molar-refractivity contribution in [1.82, 2.24) is 5.32 Å². The van der Waals surface area contributed by atoms with Crippen molar-refractivity contribution in [3.05, 3.63) is 29.3 Å². The van der Waals surface area contributed by atoms with Crippen molar-refractivity contribution in [2.75, 3.05) is 6.61 Å². The van der Waals surface area contributed by atoms with Gasteiger partial charge < -0.3 is 15.2 Å². The summed E-state index contributed by atoms with van der Waals surface area (Å²) in [6.07, 6.45) is 0.128. The molecule has 0 aliphatic heterocycles. The Labute approximate surface area is 125 Å². The van der Waals surface area contributed by atoms with Crippen LogP contribution in [0.5, 0.6) is 5.75 Å². The van der Waals surface area contributed by atoms with Crippen LogP contribution >= 0.6 is 0 Å². The number of aliphatic carboxylic acids is 1. The number of carboxylic acid groups (broad SMARTS) is 1. The molecule has 116 valence electrons. The fourth-order valence-electron chi connectivity index (χ4n) is 2.04. The molecule has 2 N–H and O–H groups in total. The number of carbonyl (C=O) groups is 2. The number of carboxylic acids is 1. The van der Waals surface area contributed by atoms with Gasteiger partial charge in [-0.15, -0.1) is 0 Å². The molecule has 0 saturated carbocycles. The lowest BCUT2D eigenvalue weighted by Crippen LogP contribution is -2.44. The first-order valence-corrected chi connectivity index (χ1v) is 7.03. The Balaban J connectivity index is 2.44. The highest BCUT2D eigenvalue weighted by Crippen LogP contribution is 2.16. The zero-order valence-electron chi connectivity index (χ0n) is 13.0. The van der Waals surface area contributed by atoms with Crippen molar-refractivity contribution in [3.63, 3.8) is 0 Å². The van der Waals surface area contributed by atoms with E-state index < -0.39 is 12.0 Å². The van der Waals surface area contributed by atoms with Crippen LogP contribution in [0.2, 0.25) is 0 Å². The highest BCUT2D eigenvalue weighted by Gasteiger charge is 2.23. The fourth-order valence-corrected chi connectivity index (χ4v) is 2.04. The van der Waals surface area contributed by atoms with E-state index in [1.54, 1.807) is 13.8 Å². The number of carbonyl (C=O) groups excluding carboxylic acids is 1. The van der Waals surface area contributed by atoms with E-state index in [2.05, 4.69) is 5.32 Å². The molecule has 1 aromatic rings. The van der Waals surface area contributed by atoms with Crippen LogP contribution in [0.25, 0.3) is 0 Å². The van der Waals surface area contributed by atoms with E-state index in [0.717, 1.165) is 16.9 Å². The van der Waals surface area contributed by atoms with Crippen molar-refractivity contribution >= 4 is 11.9 Å². The average molecular weight is 293 g/mol. The molecule has 0 aliphatic carbocycles. The van der Waals surface area contributed by atoms with Crippen molar-refractivity contribution < 1.29 is 19.4 Å². The quantitative estimate of drug-likeness (QED) is 0.809. The minimum Gasteiger partial charge on any atom is -0.493 e. The molecule has 0 bridgehead atoms. The molecule has 0 spiro atoms. The van der Waals surface area contributed by atoms with Gasteiger partial charge in [-0.05, 0) is 43.0 Å². The summed E-state index contributed by atoms with van der Waals surface area (Å²) in [4.78, 5) is 22.7. The van der Waals surface area contributed by atoms with Crippen LogP contribution in [0.15, 0.2) is 18.2 Å². The van der Waals surface area contributed by atoms with Gasteiger partial charge in [-0.2, -0.15) is 0 Å². The smallest absolute Gasteiger partial charge is 0.326 e. The normalized spacial score (nSPS) is 12.0. The molecule has 1 atom stereocenters. The Morgan fingerprint density at radius 1 is 1.19 bits per heavy atom. The van der Waals surface area contributed by atoms with E-state index in [4.69, 9.17) is 9.84 Å². The molecule has 0 aliphatic rings. The summed E-state index contributed by atoms with van der Waals surface area (Å²) in [6, 6.07) is 4.98. The first-order valence-electron chi connectivity index (χ1n) is 7.03. The summed E-state index contributed by atoms with van der Waals surface area (Å²) < 4.78 is 5.53. The number of benzene rings is 1. The summed E-state index contributed by atoms with van der Waals surface area (Å²) in [7, 11) is 0. The summed E-state index contributed by atoms with van der Waals surface area (Å²) in [6.45, 7) is 7.69. The molecule has 0 aromatic heterocycles. The van der Waals surface area contributed by atoms with E-state index in [0.29, 0.717) is 0 Å². The van der Waals surface area contributed by atoms with Gasteiger partial charge in [-0.1, -0.05) is 19.9 Å². The monoisotopic (exact) mass is 293 g/mol. The topological polar surface area (TPSA) is 75.6 Å². The number of aryl methyl sites for hydroxylation is 2. The highest BCUT2D eigenvalue weighted by molar-refractivity contribution is 5.83. The SMILES string of the molecule is Cc1cc(C)cc(OCCC(=O)NC(C(=O)O)C(C)C)c1. The molecule has 0 fully saturated rings. The number of ether oxygens (including phenoxy) is 1. The Hall–Kier alpha value is -2.04. The van der Waals surface area contributed by atoms with Crippen LogP contribution in [0.4, 0.5) is 0 Å². The number of amides is 1. The van der Waals surface area contributed by atoms with Crippen molar-refractivity contribution in [2.24, 2.45) is 5.92 Å². The van der Waals surface area contributed by atoms with Gasteiger partial charge in [0.1, 0.15) is 11.8 Å². The molecule has 1 rings (SSSR count). The minimum absolute atomic E-state index is 0.128. The lowest BCUT2D eigenvalue weighted by Gasteiger charge is -2.18. The third-order valence-electron chi connectivity index (χ3n) is 3.04. The molecule has 0 radical (unpaired) electrons. The van der Waals surface area contributed by atoms with Crippen molar-refractivity contribution in [2.45, 2.75) is 40.2 Å². The zero-order chi connectivity index (χ0) is 16.0. The maximum Gasteiger partial charge on any atom is 0.326 e. The average Bonchev–Trinajstić information content (AvgIpc) is 2.34. The van der Waals surface area contributed by atoms with Gasteiger partial charge in [-0.3, -0.25) is 4.79 Å². The van der Waals surface area contributed by atoms with Crippen LogP contribution in [0.3, 0.4) is 0 Å². The second-order valence-corrected chi connectivity index (χ2v) is 5.55. The number of nitrogens with one attached hydrogen (secondary N) is 1. The summed E-state index contributed by atoms with van der Waals surface area (Å²) in [5, 5.41) is 11.5. The lowest BCUT2D eigenvalue weighted by atomic mass is 10.0. The van der Waals surface area contributed by atoms with Gasteiger partial charge in [-0.25, -0.2) is 4.79 Å². The second kappa shape index (κ2) is 7.67. The zero-order valence-corrected chi connectivity index (χ0v) is 13.0. The predicted octanol–water partition coefficient (Wildman–Crippen LogP) is 2.30. The molecule has 1 aromatic carbocycles. The van der Waals surface area contributed by atoms with E-state index in [-0.39, 0.29) is 24.9 Å². The minimum atomic E-state index is -1.02. The van der Waals surface area contributed by atoms with Gasteiger partial charge in [0, 0.05) is 0 Å². The van der Waals surface area contributed by atoms with Crippen molar-refractivity contribution in [1.29, 1.82) is 0 Å². The second-order valence-electron chi connectivity index (χ2n) is 5.55. The van der Waals surface area contributed by atoms with E-state index >= 15 is 0 Å². The fraction of sp³-hybridized carbons (Fsp3) is 0.500. The van der Waals surface area contributed by atoms with E-state index in [1.165, 1.54) is 0 Å². The summed E-state index contributed by atoms with van der Waals surface area (Å²) in [5.74, 6) is -0.778. The molecule has 1 amide bonds. The number of hydrogen-bond acceptors (Lipinski definition) is 3. The molecule has 5 nitrogen and oxygen atoms in total. The maximum atomic E-state index is 11.7. The molecule has 0 heterocycles. The molecule has 1 unspecified atom stereocenters. The molecule has 0 saturated heterocycles. The Bertz CT molecular complexity index is 491. The standard InChI is InChI=1S/C16H23NO4/c1-10(2)15(16(19)20)17-14(18)5-6-21-13-8-11(3)7-12(4)9-13/h7-10,15H,5-6H2,1-4H3,(H,17,18)(H,19,20). The third kappa shape index (κ3) is 5.85. The molecular weight excluding hydrogens is 270 g/mol. The number of rotatable bonds is 7. The van der Waals surface area contributed by atoms with Crippen LogP contribution < -0.4 is 10.1 Å². The van der Waals surface area contributed by atoms with Crippen LogP contribution in [-0.4, -0.2) is 29.6 Å². The van der Waals surface area contributed by atoms with Crippen molar-refractivity contribution in [3.8, 4) is 5.75 Å². The van der Waals surface area contributed by atoms with Crippen LogP contribution in [-0.2, 0) is 9.59 Å². The van der Waals surface area contributed by atoms with E-state index in [1.807, 2.05) is 32.0 Å². The van der Waals surface area contributed by atoms with Gasteiger partial charge in [0.05, 0.1) is 13.0 Å². The summed E-state index contributed by atoms with van der Waals surface area (Å²) in [5.41, 5.74) is 2.19. The Kier molecular flexibility index (Phi) is 6.21. The largest absolute Gasteiger partial charge is 0.493 e. The molecule has 21 heavy (non-hydrogen) atoms. The molecule has 5 heteroatoms. The Morgan fingerprint density at radius 3 is 2.24 bits per heavy atom. The first-order chi connectivity index (χ1) is 9.79. The van der Waals surface area contributed by atoms with Crippen LogP contribution in [0.1, 0.15) is 31.4 Å². The predicted molar refractivity (Wildman–Crippen MR) is 80.4 cm³/mol. The lowest BCUT2D eigenvalue weighted by molar-refractivity contribution is -0.143. The van der Waals surface area contributed by atoms with Gasteiger partial charge in [0.2, 0.25) is 5.91 Å². The van der Waals surface area contributed by atoms with Gasteiger partial charge in [0.25, 0.3) is 0 Å². The van der Waals surface area contributed by atoms with Crippen LogP contribution in [0, 0.1) is 19.8 Å². The number of hydrogen-bond donors (Lipinski definition) is 2. The third-order valence-corrected chi connectivity index (χ3v) is 3.04.